The Morgan fingerprint density at radius 3 is 2.60 bits per heavy atom. The smallest absolute Gasteiger partial charge is 0.416 e. The first kappa shape index (κ1) is 24.2. The van der Waals surface area contributed by atoms with Crippen molar-refractivity contribution in [2.24, 2.45) is 13.0 Å². The maximum atomic E-state index is 12.9. The zero-order valence-electron chi connectivity index (χ0n) is 19.8. The van der Waals surface area contributed by atoms with Crippen molar-refractivity contribution in [2.75, 3.05) is 36.8 Å². The van der Waals surface area contributed by atoms with Crippen molar-refractivity contribution in [1.29, 1.82) is 0 Å². The minimum Gasteiger partial charge on any atom is -0.440 e. The summed E-state index contributed by atoms with van der Waals surface area (Å²) in [6.45, 7) is 5.81. The number of oxazole rings is 1. The molecule has 2 aromatic heterocycles. The van der Waals surface area contributed by atoms with Crippen molar-refractivity contribution < 1.29 is 17.6 Å². The van der Waals surface area contributed by atoms with Crippen LogP contribution in [0.15, 0.2) is 40.2 Å². The van der Waals surface area contributed by atoms with Gasteiger partial charge in [-0.15, -0.1) is 10.2 Å². The summed E-state index contributed by atoms with van der Waals surface area (Å²) < 4.78 is 46.2. The third-order valence-corrected chi connectivity index (χ3v) is 8.21. The van der Waals surface area contributed by atoms with Crippen LogP contribution >= 0.6 is 11.8 Å². The summed E-state index contributed by atoms with van der Waals surface area (Å²) in [5, 5.41) is 9.41. The van der Waals surface area contributed by atoms with Crippen LogP contribution in [0.2, 0.25) is 0 Å². The number of hydrogen-bond acceptors (Lipinski definition) is 7. The molecule has 2 aliphatic rings. The quantitative estimate of drug-likeness (QED) is 0.334. The molecule has 11 heteroatoms. The summed E-state index contributed by atoms with van der Waals surface area (Å²) in [6, 6.07) is 6.00. The van der Waals surface area contributed by atoms with E-state index in [0.717, 1.165) is 67.7 Å². The lowest BCUT2D eigenvalue weighted by Gasteiger charge is -2.39. The molecular weight excluding hydrogens is 477 g/mol. The maximum absolute atomic E-state index is 12.9. The monoisotopic (exact) mass is 506 g/mol. The Balaban J connectivity index is 1.13. The number of fused-ring (bicyclic) bond motifs is 1. The van der Waals surface area contributed by atoms with E-state index in [4.69, 9.17) is 4.42 Å². The summed E-state index contributed by atoms with van der Waals surface area (Å²) in [5.41, 5.74) is 1.09. The molecule has 4 heterocycles. The van der Waals surface area contributed by atoms with E-state index in [0.29, 0.717) is 23.5 Å². The number of hydrogen-bond donors (Lipinski definition) is 0. The number of benzene rings is 1. The Bertz CT molecular complexity index is 1150. The lowest BCUT2D eigenvalue weighted by Crippen LogP contribution is -2.48. The number of likely N-dealkylation sites (tertiary alicyclic amines) is 1. The molecule has 0 saturated carbocycles. The van der Waals surface area contributed by atoms with Gasteiger partial charge < -0.3 is 18.8 Å². The Hall–Kier alpha value is -2.53. The number of aromatic nitrogens is 4. The molecule has 35 heavy (non-hydrogen) atoms. The second-order valence-corrected chi connectivity index (χ2v) is 10.3. The highest BCUT2D eigenvalue weighted by molar-refractivity contribution is 7.99. The van der Waals surface area contributed by atoms with Gasteiger partial charge in [0.2, 0.25) is 5.82 Å². The van der Waals surface area contributed by atoms with E-state index in [9.17, 15) is 13.2 Å². The van der Waals surface area contributed by atoms with Gasteiger partial charge >= 0.3 is 6.18 Å². The van der Waals surface area contributed by atoms with Crippen LogP contribution in [0.5, 0.6) is 0 Å². The zero-order chi connectivity index (χ0) is 24.6. The van der Waals surface area contributed by atoms with Crippen molar-refractivity contribution in [3.8, 4) is 11.6 Å². The fraction of sp³-hybridized carbons (Fsp3) is 0.542. The number of rotatable bonds is 7. The van der Waals surface area contributed by atoms with E-state index in [1.54, 1.807) is 23.9 Å². The van der Waals surface area contributed by atoms with E-state index < -0.39 is 11.7 Å². The Morgan fingerprint density at radius 2 is 1.89 bits per heavy atom. The van der Waals surface area contributed by atoms with Gasteiger partial charge in [-0.1, -0.05) is 11.8 Å². The van der Waals surface area contributed by atoms with E-state index in [1.165, 1.54) is 18.5 Å². The molecule has 0 N–H and O–H groups in total. The molecular formula is C24H29F3N6OS. The summed E-state index contributed by atoms with van der Waals surface area (Å²) in [7, 11) is 1.93. The van der Waals surface area contributed by atoms with E-state index in [1.807, 2.05) is 18.5 Å². The van der Waals surface area contributed by atoms with Gasteiger partial charge in [0, 0.05) is 37.6 Å². The average Bonchev–Trinajstić information content (AvgIpc) is 3.54. The number of alkyl halides is 3. The van der Waals surface area contributed by atoms with Gasteiger partial charge in [0.25, 0.3) is 0 Å². The average molecular weight is 507 g/mol. The first-order chi connectivity index (χ1) is 16.8. The number of piperidine rings is 1. The van der Waals surface area contributed by atoms with Gasteiger partial charge in [0.05, 0.1) is 11.3 Å². The molecule has 0 unspecified atom stereocenters. The second-order valence-electron chi connectivity index (χ2n) is 9.28. The normalized spacial score (nSPS) is 21.0. The third kappa shape index (κ3) is 5.06. The standard InChI is InChI=1S/C24H29F3N6OS/c1-16-21(34-15-28-16)22-29-30-23(31(22)2)35-13-3-10-32-11-8-17-9-12-33(20(17)14-32)19-6-4-18(5-7-19)24(25,26)27/h4-7,15,17,20H,3,8-14H2,1-2H3/t17-,20-/m0/s1. The summed E-state index contributed by atoms with van der Waals surface area (Å²) >= 11 is 1.68. The molecule has 0 bridgehead atoms. The SMILES string of the molecule is Cc1ncoc1-c1nnc(SCCCN2CC[C@H]3CCN(c4ccc(C(F)(F)F)cc4)[C@H]3C2)n1C. The van der Waals surface area contributed by atoms with Crippen molar-refractivity contribution in [3.63, 3.8) is 0 Å². The Morgan fingerprint density at radius 1 is 1.11 bits per heavy atom. The maximum Gasteiger partial charge on any atom is 0.416 e. The lowest BCUT2D eigenvalue weighted by molar-refractivity contribution is -0.137. The first-order valence-corrected chi connectivity index (χ1v) is 12.9. The molecule has 1 aromatic carbocycles. The highest BCUT2D eigenvalue weighted by Gasteiger charge is 2.38. The highest BCUT2D eigenvalue weighted by Crippen LogP contribution is 2.37. The van der Waals surface area contributed by atoms with E-state index in [2.05, 4.69) is 25.0 Å². The minimum atomic E-state index is -4.30. The topological polar surface area (TPSA) is 63.2 Å². The van der Waals surface area contributed by atoms with Gasteiger partial charge in [-0.25, -0.2) is 4.98 Å². The molecule has 0 radical (unpaired) electrons. The Kier molecular flexibility index (Phi) is 6.80. The van der Waals surface area contributed by atoms with Gasteiger partial charge in [0.1, 0.15) is 0 Å². The molecule has 2 aliphatic heterocycles. The predicted molar refractivity (Wildman–Crippen MR) is 128 cm³/mol. The molecule has 2 atom stereocenters. The highest BCUT2D eigenvalue weighted by atomic mass is 32.2. The Labute approximate surface area is 206 Å². The van der Waals surface area contributed by atoms with Crippen molar-refractivity contribution in [1.82, 2.24) is 24.6 Å². The van der Waals surface area contributed by atoms with Crippen LogP contribution in [0.25, 0.3) is 11.6 Å². The third-order valence-electron chi connectivity index (χ3n) is 7.11. The molecule has 0 spiro atoms. The largest absolute Gasteiger partial charge is 0.440 e. The van der Waals surface area contributed by atoms with E-state index in [-0.39, 0.29) is 0 Å². The van der Waals surface area contributed by atoms with E-state index >= 15 is 0 Å². The molecule has 2 fully saturated rings. The fourth-order valence-electron chi connectivity index (χ4n) is 5.18. The van der Waals surface area contributed by atoms with Crippen LogP contribution in [-0.4, -0.2) is 62.6 Å². The fourth-order valence-corrected chi connectivity index (χ4v) is 6.01. The summed E-state index contributed by atoms with van der Waals surface area (Å²) in [4.78, 5) is 8.92. The molecule has 188 valence electrons. The first-order valence-electron chi connectivity index (χ1n) is 11.9. The lowest BCUT2D eigenvalue weighted by atomic mass is 9.92. The number of halogens is 3. The van der Waals surface area contributed by atoms with Crippen LogP contribution < -0.4 is 4.90 Å². The molecule has 3 aromatic rings. The van der Waals surface area contributed by atoms with Crippen LogP contribution in [0.4, 0.5) is 18.9 Å². The number of nitrogens with zero attached hydrogens (tertiary/aromatic N) is 6. The van der Waals surface area contributed by atoms with Crippen LogP contribution in [-0.2, 0) is 13.2 Å². The molecule has 0 aliphatic carbocycles. The second kappa shape index (κ2) is 9.85. The van der Waals surface area contributed by atoms with Gasteiger partial charge in [-0.05, 0) is 69.5 Å². The number of thioether (sulfide) groups is 1. The summed E-state index contributed by atoms with van der Waals surface area (Å²) in [6.07, 6.45) is 0.379. The van der Waals surface area contributed by atoms with Gasteiger partial charge in [-0.2, -0.15) is 13.2 Å². The van der Waals surface area contributed by atoms with Crippen molar-refractivity contribution in [3.05, 3.63) is 41.9 Å². The van der Waals surface area contributed by atoms with Crippen LogP contribution in [0, 0.1) is 12.8 Å². The van der Waals surface area contributed by atoms with Gasteiger partial charge in [-0.3, -0.25) is 0 Å². The molecule has 5 rings (SSSR count). The summed E-state index contributed by atoms with van der Waals surface area (Å²) in [5.74, 6) is 2.85. The van der Waals surface area contributed by atoms with Crippen molar-refractivity contribution >= 4 is 17.4 Å². The molecule has 0 amide bonds. The van der Waals surface area contributed by atoms with Crippen LogP contribution in [0.3, 0.4) is 0 Å². The number of anilines is 1. The van der Waals surface area contributed by atoms with Crippen LogP contribution in [0.1, 0.15) is 30.5 Å². The minimum absolute atomic E-state index is 0.361. The van der Waals surface area contributed by atoms with Crippen molar-refractivity contribution in [2.45, 2.75) is 43.6 Å². The molecule has 7 nitrogen and oxygen atoms in total. The zero-order valence-corrected chi connectivity index (χ0v) is 20.6. The van der Waals surface area contributed by atoms with Gasteiger partial charge in [0.15, 0.2) is 17.3 Å². The number of aryl methyl sites for hydroxylation is 1. The predicted octanol–water partition coefficient (Wildman–Crippen LogP) is 4.88. The molecule has 2 saturated heterocycles.